The number of rotatable bonds is 8. The van der Waals surface area contributed by atoms with Crippen LogP contribution in [-0.4, -0.2) is 11.6 Å². The van der Waals surface area contributed by atoms with E-state index in [0.717, 1.165) is 53.0 Å². The summed E-state index contributed by atoms with van der Waals surface area (Å²) in [5.74, 6) is 1.59. The molecule has 1 heterocycles. The van der Waals surface area contributed by atoms with Gasteiger partial charge in [-0.25, -0.2) is 0 Å². The van der Waals surface area contributed by atoms with Gasteiger partial charge in [-0.3, -0.25) is 4.79 Å². The zero-order chi connectivity index (χ0) is 25.9. The lowest BCUT2D eigenvalue weighted by Gasteiger charge is -2.24. The van der Waals surface area contributed by atoms with Gasteiger partial charge in [0, 0.05) is 11.5 Å². The summed E-state index contributed by atoms with van der Waals surface area (Å²) in [5, 5.41) is 5.32. The van der Waals surface area contributed by atoms with E-state index in [1.807, 2.05) is 38.1 Å². The maximum absolute atomic E-state index is 10.8. The van der Waals surface area contributed by atoms with Crippen molar-refractivity contribution in [3.8, 4) is 28.1 Å². The van der Waals surface area contributed by atoms with Crippen molar-refractivity contribution in [3.05, 3.63) is 93.2 Å². The number of benzene rings is 3. The Kier molecular flexibility index (Phi) is 7.54. The highest BCUT2D eigenvalue weighted by Crippen LogP contribution is 2.39. The third-order valence-electron chi connectivity index (χ3n) is 6.74. The molecule has 1 atom stereocenters. The van der Waals surface area contributed by atoms with Crippen molar-refractivity contribution in [3.63, 3.8) is 0 Å². The van der Waals surface area contributed by atoms with Crippen molar-refractivity contribution in [1.29, 1.82) is 0 Å². The number of halogens is 2. The number of hydrogen-bond donors (Lipinski definition) is 0. The number of fused-ring (bicyclic) bond motifs is 1. The second-order valence-corrected chi connectivity index (χ2v) is 10.3. The molecule has 0 N–H and O–H groups in total. The van der Waals surface area contributed by atoms with Gasteiger partial charge in [0.1, 0.15) is 29.9 Å². The molecule has 3 aromatic carbocycles. The molecule has 0 amide bonds. The maximum Gasteiger partial charge on any atom is 0.293 e. The first-order valence-electron chi connectivity index (χ1n) is 12.3. The SMILES string of the molecule is CC(C)c1onc(-c2c(Cl)cccc2Cl)c1COc1ccc(-c2ccc3c(c2)CCCC3OC=O)cc1. The Hall–Kier alpha value is -3.28. The summed E-state index contributed by atoms with van der Waals surface area (Å²) >= 11 is 12.9. The van der Waals surface area contributed by atoms with E-state index in [0.29, 0.717) is 27.8 Å². The quantitative estimate of drug-likeness (QED) is 0.211. The average molecular weight is 536 g/mol. The van der Waals surface area contributed by atoms with Gasteiger partial charge in [0.25, 0.3) is 6.47 Å². The third-order valence-corrected chi connectivity index (χ3v) is 7.37. The molecule has 0 aliphatic heterocycles. The molecule has 0 saturated carbocycles. The monoisotopic (exact) mass is 535 g/mol. The van der Waals surface area contributed by atoms with Crippen molar-refractivity contribution >= 4 is 29.7 Å². The zero-order valence-corrected chi connectivity index (χ0v) is 22.2. The molecule has 0 bridgehead atoms. The summed E-state index contributed by atoms with van der Waals surface area (Å²) in [4.78, 5) is 10.8. The predicted molar refractivity (Wildman–Crippen MR) is 145 cm³/mol. The summed E-state index contributed by atoms with van der Waals surface area (Å²) in [6.07, 6.45) is 2.71. The molecule has 0 saturated heterocycles. The van der Waals surface area contributed by atoms with Crippen LogP contribution in [0.1, 0.15) is 61.2 Å². The smallest absolute Gasteiger partial charge is 0.293 e. The molecule has 1 aromatic heterocycles. The Bertz CT molecular complexity index is 1390. The van der Waals surface area contributed by atoms with E-state index < -0.39 is 0 Å². The van der Waals surface area contributed by atoms with E-state index in [9.17, 15) is 4.79 Å². The van der Waals surface area contributed by atoms with Gasteiger partial charge in [0.2, 0.25) is 0 Å². The highest BCUT2D eigenvalue weighted by molar-refractivity contribution is 6.39. The van der Waals surface area contributed by atoms with Crippen molar-refractivity contribution in [2.75, 3.05) is 0 Å². The van der Waals surface area contributed by atoms with E-state index in [-0.39, 0.29) is 18.6 Å². The lowest BCUT2D eigenvalue weighted by atomic mass is 9.87. The number of carbonyl (C=O) groups is 1. The van der Waals surface area contributed by atoms with Crippen LogP contribution in [0.5, 0.6) is 5.75 Å². The fourth-order valence-electron chi connectivity index (χ4n) is 4.89. The standard InChI is InChI=1S/C30H27Cl2NO4/c1-18(2)30-24(29(33-37-30)28-25(31)6-4-7-26(28)32)16-35-22-12-9-19(10-13-22)20-11-14-23-21(15-20)5-3-8-27(23)36-17-34/h4,6-7,9-15,17-18,27H,3,5,8,16H2,1-2H3. The van der Waals surface area contributed by atoms with Gasteiger partial charge in [-0.05, 0) is 65.8 Å². The number of nitrogens with zero attached hydrogens (tertiary/aromatic N) is 1. The Morgan fingerprint density at radius 2 is 1.78 bits per heavy atom. The first-order chi connectivity index (χ1) is 18.0. The number of aromatic nitrogens is 1. The lowest BCUT2D eigenvalue weighted by Crippen LogP contribution is -2.12. The van der Waals surface area contributed by atoms with Crippen LogP contribution in [-0.2, 0) is 22.6 Å². The highest BCUT2D eigenvalue weighted by Gasteiger charge is 2.24. The normalized spacial score (nSPS) is 14.9. The molecule has 37 heavy (non-hydrogen) atoms. The molecule has 7 heteroatoms. The number of carbonyl (C=O) groups excluding carboxylic acids is 1. The van der Waals surface area contributed by atoms with Crippen molar-refractivity contribution < 1.29 is 18.8 Å². The summed E-state index contributed by atoms with van der Waals surface area (Å²) in [6.45, 7) is 4.90. The molecule has 0 fully saturated rings. The van der Waals surface area contributed by atoms with Gasteiger partial charge in [0.15, 0.2) is 0 Å². The van der Waals surface area contributed by atoms with Gasteiger partial charge in [0.05, 0.1) is 15.6 Å². The Morgan fingerprint density at radius 1 is 1.05 bits per heavy atom. The Morgan fingerprint density at radius 3 is 2.49 bits per heavy atom. The van der Waals surface area contributed by atoms with E-state index >= 15 is 0 Å². The van der Waals surface area contributed by atoms with Crippen LogP contribution in [0.25, 0.3) is 22.4 Å². The van der Waals surface area contributed by atoms with E-state index in [1.165, 1.54) is 5.56 Å². The fraction of sp³-hybridized carbons (Fsp3) is 0.267. The zero-order valence-electron chi connectivity index (χ0n) is 20.7. The largest absolute Gasteiger partial charge is 0.489 e. The minimum Gasteiger partial charge on any atom is -0.489 e. The molecular formula is C30H27Cl2NO4. The van der Waals surface area contributed by atoms with Crippen LogP contribution >= 0.6 is 23.2 Å². The van der Waals surface area contributed by atoms with E-state index in [2.05, 4.69) is 23.4 Å². The highest BCUT2D eigenvalue weighted by atomic mass is 35.5. The molecule has 190 valence electrons. The average Bonchev–Trinajstić information content (AvgIpc) is 3.31. The molecule has 1 unspecified atom stereocenters. The molecule has 0 spiro atoms. The van der Waals surface area contributed by atoms with Crippen LogP contribution in [0.2, 0.25) is 10.0 Å². The van der Waals surface area contributed by atoms with Crippen LogP contribution in [0, 0.1) is 0 Å². The second kappa shape index (κ2) is 11.0. The van der Waals surface area contributed by atoms with Crippen molar-refractivity contribution in [1.82, 2.24) is 5.16 Å². The van der Waals surface area contributed by atoms with Crippen LogP contribution in [0.3, 0.4) is 0 Å². The molecule has 4 aromatic rings. The molecule has 0 radical (unpaired) electrons. The first kappa shape index (κ1) is 25.4. The van der Waals surface area contributed by atoms with Gasteiger partial charge >= 0.3 is 0 Å². The topological polar surface area (TPSA) is 61.6 Å². The lowest BCUT2D eigenvalue weighted by molar-refractivity contribution is -0.134. The second-order valence-electron chi connectivity index (χ2n) is 9.47. The summed E-state index contributed by atoms with van der Waals surface area (Å²) in [7, 11) is 0. The van der Waals surface area contributed by atoms with E-state index in [4.69, 9.17) is 37.2 Å². The van der Waals surface area contributed by atoms with Gasteiger partial charge < -0.3 is 14.0 Å². The molecule has 5 rings (SSSR count). The third kappa shape index (κ3) is 5.25. The molecule has 1 aliphatic rings. The Balaban J connectivity index is 1.36. The number of ether oxygens (including phenoxy) is 2. The summed E-state index contributed by atoms with van der Waals surface area (Å²) in [5.41, 5.74) is 6.61. The van der Waals surface area contributed by atoms with Crippen molar-refractivity contribution in [2.24, 2.45) is 0 Å². The minimum absolute atomic E-state index is 0.115. The molecule has 1 aliphatic carbocycles. The van der Waals surface area contributed by atoms with Crippen LogP contribution in [0.4, 0.5) is 0 Å². The Labute approximate surface area is 226 Å². The summed E-state index contributed by atoms with van der Waals surface area (Å²) in [6, 6.07) is 19.7. The summed E-state index contributed by atoms with van der Waals surface area (Å²) < 4.78 is 17.1. The first-order valence-corrected chi connectivity index (χ1v) is 13.1. The fourth-order valence-corrected chi connectivity index (χ4v) is 5.47. The minimum atomic E-state index is -0.148. The predicted octanol–water partition coefficient (Wildman–Crippen LogP) is 8.57. The van der Waals surface area contributed by atoms with Gasteiger partial charge in [-0.1, -0.05) is 78.6 Å². The molecular weight excluding hydrogens is 509 g/mol. The van der Waals surface area contributed by atoms with Crippen LogP contribution in [0.15, 0.2) is 65.2 Å². The van der Waals surface area contributed by atoms with Gasteiger partial charge in [-0.15, -0.1) is 0 Å². The van der Waals surface area contributed by atoms with E-state index in [1.54, 1.807) is 18.2 Å². The number of hydrogen-bond acceptors (Lipinski definition) is 5. The van der Waals surface area contributed by atoms with Gasteiger partial charge in [-0.2, -0.15) is 0 Å². The molecule has 5 nitrogen and oxygen atoms in total. The van der Waals surface area contributed by atoms with Crippen LogP contribution < -0.4 is 4.74 Å². The maximum atomic E-state index is 10.8. The number of aryl methyl sites for hydroxylation is 1. The van der Waals surface area contributed by atoms with Crippen molar-refractivity contribution in [2.45, 2.75) is 51.7 Å².